The highest BCUT2D eigenvalue weighted by atomic mass is 14.7. The molecule has 0 spiro atoms. The number of nitrogens with two attached hydrogens (primary N) is 8. The minimum Gasteiger partial charge on any atom is -0.330 e. The zero-order valence-electron chi connectivity index (χ0n) is 69.9. The van der Waals surface area contributed by atoms with E-state index >= 15 is 0 Å². The molecule has 0 heterocycles. The van der Waals surface area contributed by atoms with Gasteiger partial charge in [-0.15, -0.1) is 0 Å². The second-order valence-electron chi connectivity index (χ2n) is 42.0. The molecule has 12 aliphatic carbocycles. The molecule has 12 saturated carbocycles. The van der Waals surface area contributed by atoms with Crippen LogP contribution in [0.3, 0.4) is 0 Å². The van der Waals surface area contributed by atoms with Crippen molar-refractivity contribution in [2.45, 2.75) is 448 Å². The maximum Gasteiger partial charge on any atom is 0.00647 e. The third-order valence-corrected chi connectivity index (χ3v) is 29.2. The van der Waals surface area contributed by atoms with Crippen molar-refractivity contribution in [1.82, 2.24) is 0 Å². The number of hydrogen-bond donors (Lipinski definition) is 8. The zero-order valence-corrected chi connectivity index (χ0v) is 69.9. The molecule has 100 heavy (non-hydrogen) atoms. The molecule has 8 nitrogen and oxygen atoms in total. The van der Waals surface area contributed by atoms with Gasteiger partial charge in [0.2, 0.25) is 0 Å². The largest absolute Gasteiger partial charge is 0.330 e. The molecule has 0 saturated heterocycles. The Morgan fingerprint density at radius 1 is 0.260 bits per heavy atom. The van der Waals surface area contributed by atoms with E-state index in [9.17, 15) is 0 Å². The average molecular weight is 1400 g/mol. The van der Waals surface area contributed by atoms with E-state index in [1.165, 1.54) is 276 Å². The highest BCUT2D eigenvalue weighted by Crippen LogP contribution is 2.47. The topological polar surface area (TPSA) is 208 Å². The maximum absolute atomic E-state index is 6.10. The minimum absolute atomic E-state index is 0.279. The van der Waals surface area contributed by atoms with E-state index in [2.05, 4.69) is 90.0 Å². The lowest BCUT2D eigenvalue weighted by atomic mass is 9.63. The van der Waals surface area contributed by atoms with Gasteiger partial charge in [0.05, 0.1) is 0 Å². The Balaban J connectivity index is 0.000000208. The zero-order chi connectivity index (χ0) is 73.3. The van der Waals surface area contributed by atoms with Crippen LogP contribution in [0.25, 0.3) is 0 Å². The fraction of sp³-hybridized carbons (Fsp3) is 1.00. The predicted octanol–water partition coefficient (Wildman–Crippen LogP) is 23.5. The second kappa shape index (κ2) is 47.6. The fourth-order valence-electron chi connectivity index (χ4n) is 23.1. The van der Waals surface area contributed by atoms with E-state index in [1.807, 2.05) is 0 Å². The summed E-state index contributed by atoms with van der Waals surface area (Å²) in [5, 5.41) is 0. The first kappa shape index (κ1) is 90.3. The summed E-state index contributed by atoms with van der Waals surface area (Å²) in [6, 6.07) is 2.28. The van der Waals surface area contributed by atoms with E-state index in [-0.39, 0.29) is 5.41 Å². The molecule has 12 aliphatic rings. The van der Waals surface area contributed by atoms with Gasteiger partial charge in [0, 0.05) is 30.2 Å². The highest BCUT2D eigenvalue weighted by molar-refractivity contribution is 4.94. The first-order chi connectivity index (χ1) is 47.4. The summed E-state index contributed by atoms with van der Waals surface area (Å²) in [5.74, 6) is 15.4. The summed E-state index contributed by atoms with van der Waals surface area (Å²) in [6.45, 7) is 33.2. The summed E-state index contributed by atoms with van der Waals surface area (Å²) in [5.41, 5.74) is 48.8. The van der Waals surface area contributed by atoms with Gasteiger partial charge in [-0.1, -0.05) is 225 Å². The Morgan fingerprint density at radius 2 is 0.580 bits per heavy atom. The first-order valence-corrected chi connectivity index (χ1v) is 45.3. The van der Waals surface area contributed by atoms with E-state index in [1.54, 1.807) is 38.5 Å². The Hall–Kier alpha value is -0.320. The molecule has 16 N–H and O–H groups in total. The van der Waals surface area contributed by atoms with Crippen molar-refractivity contribution in [3.63, 3.8) is 0 Å². The Bertz CT molecular complexity index is 1880. The minimum atomic E-state index is 0.279. The molecule has 12 atom stereocenters. The van der Waals surface area contributed by atoms with Crippen LogP contribution >= 0.6 is 0 Å². The smallest absolute Gasteiger partial charge is 0.00647 e. The van der Waals surface area contributed by atoms with Crippen LogP contribution in [0, 0.1) is 116 Å². The Morgan fingerprint density at radius 3 is 0.890 bits per heavy atom. The van der Waals surface area contributed by atoms with Gasteiger partial charge < -0.3 is 45.9 Å². The van der Waals surface area contributed by atoms with Crippen LogP contribution in [-0.4, -0.2) is 49.8 Å². The maximum atomic E-state index is 6.10. The molecule has 0 aromatic carbocycles. The molecular weight excluding hydrogens is 1220 g/mol. The van der Waals surface area contributed by atoms with Crippen LogP contribution in [-0.2, 0) is 0 Å². The van der Waals surface area contributed by atoms with Gasteiger partial charge in [-0.2, -0.15) is 0 Å². The lowest BCUT2D eigenvalue weighted by Crippen LogP contribution is -2.45. The van der Waals surface area contributed by atoms with Crippen molar-refractivity contribution < 1.29 is 0 Å². The molecule has 8 heteroatoms. The van der Waals surface area contributed by atoms with Crippen LogP contribution in [0.4, 0.5) is 0 Å². The Labute approximate surface area is 626 Å². The Kier molecular flexibility index (Phi) is 43.0. The molecule has 12 unspecified atom stereocenters. The van der Waals surface area contributed by atoms with Crippen molar-refractivity contribution in [3.05, 3.63) is 0 Å². The number of rotatable bonds is 11. The molecule has 0 bridgehead atoms. The standard InChI is InChI=1S/C15H30N2.C15H28.C13H26N2.C13H24.C10H22N2.C10H20.C8H18N2.C8H16/c1-10-7-12(3-5-14(10)16)9-13-4-6-15(17)11(2)8-13;1-12-5-3-7-14(9-12)11-15-8-4-6-13(2)10-15;14-12-5-1-10(2-6-12)9-11-3-7-13(15)8-4-11;1-3-7-12(8-4-1)11-13-9-5-2-6-10-13;1-9(2)4-8(12)5-10(3,6-9)7-11;1-9(2)6-5-7-10(3,4)8-9;9-5-7-1-2-8(6-10)4-3-7;1-7-3-5-8(2)6-4-7/h10-15H,3-9,16-17H2,1-2H3;12-15H,3-11H2,1-2H3;10-13H,1-9,14-15H2;12-13H,1-11H2;8H,4-7,11-12H2,1-3H3;5-8H2,1-4H3;7-8H,1-6,9-10H2;7-8H,3-6H2,1-2H3. The normalized spacial score (nSPS) is 39.1. The van der Waals surface area contributed by atoms with Gasteiger partial charge in [-0.05, 0) is 329 Å². The van der Waals surface area contributed by atoms with Gasteiger partial charge in [0.15, 0.2) is 0 Å². The van der Waals surface area contributed by atoms with Crippen molar-refractivity contribution in [2.24, 2.45) is 162 Å². The molecule has 0 aromatic heterocycles. The van der Waals surface area contributed by atoms with Crippen LogP contribution in [0.15, 0.2) is 0 Å². The molecule has 0 aliphatic heterocycles. The molecule has 592 valence electrons. The molecule has 12 rings (SSSR count). The molecule has 12 fully saturated rings. The first-order valence-electron chi connectivity index (χ1n) is 45.3. The lowest BCUT2D eigenvalue weighted by molar-refractivity contribution is 0.0904. The molecule has 0 aromatic rings. The summed E-state index contributed by atoms with van der Waals surface area (Å²) >= 11 is 0. The van der Waals surface area contributed by atoms with Gasteiger partial charge in [-0.3, -0.25) is 0 Å². The van der Waals surface area contributed by atoms with Crippen molar-refractivity contribution in [2.75, 3.05) is 19.6 Å². The lowest BCUT2D eigenvalue weighted by Gasteiger charge is -2.45. The van der Waals surface area contributed by atoms with Crippen LogP contribution in [0.2, 0.25) is 0 Å². The summed E-state index contributed by atoms with van der Waals surface area (Å²) in [6.07, 6.45) is 72.3. The van der Waals surface area contributed by atoms with Gasteiger partial charge in [0.25, 0.3) is 0 Å². The summed E-state index contributed by atoms with van der Waals surface area (Å²) < 4.78 is 0. The van der Waals surface area contributed by atoms with Crippen LogP contribution in [0.1, 0.15) is 417 Å². The van der Waals surface area contributed by atoms with E-state index < -0.39 is 0 Å². The van der Waals surface area contributed by atoms with Crippen molar-refractivity contribution in [1.29, 1.82) is 0 Å². The molecular formula is C92H184N8. The average Bonchev–Trinajstić information content (AvgIpc) is 0.822. The predicted molar refractivity (Wildman–Crippen MR) is 442 cm³/mol. The third-order valence-electron chi connectivity index (χ3n) is 29.2. The van der Waals surface area contributed by atoms with Gasteiger partial charge in [0.1, 0.15) is 0 Å². The number of hydrogen-bond acceptors (Lipinski definition) is 8. The van der Waals surface area contributed by atoms with Crippen molar-refractivity contribution in [3.8, 4) is 0 Å². The quantitative estimate of drug-likeness (QED) is 0.0996. The van der Waals surface area contributed by atoms with E-state index in [0.29, 0.717) is 46.5 Å². The van der Waals surface area contributed by atoms with E-state index in [0.717, 1.165) is 127 Å². The summed E-state index contributed by atoms with van der Waals surface area (Å²) in [7, 11) is 0. The van der Waals surface area contributed by atoms with Gasteiger partial charge >= 0.3 is 0 Å². The van der Waals surface area contributed by atoms with E-state index in [4.69, 9.17) is 45.9 Å². The molecule has 0 radical (unpaired) electrons. The van der Waals surface area contributed by atoms with Crippen LogP contribution < -0.4 is 45.9 Å². The third kappa shape index (κ3) is 38.2. The SMILES string of the molecule is C1CCC(CC2CCCCC2)CC1.CC1(C)CC(N)CC(C)(CN)C1.CC1(C)CCCC(C)(C)C1.CC1CC(CC2CCC(N)C(C)C2)CCC1N.CC1CCC(C)CC1.CC1CCCC(CC2CCCC(C)C2)C1.NC1CCC(CC2CCC(N)CC2)CC1.NCC1CCC(CN)CC1. The summed E-state index contributed by atoms with van der Waals surface area (Å²) in [4.78, 5) is 0. The van der Waals surface area contributed by atoms with Crippen molar-refractivity contribution >= 4 is 0 Å². The van der Waals surface area contributed by atoms with Gasteiger partial charge in [-0.25, -0.2) is 0 Å². The highest BCUT2D eigenvalue weighted by Gasteiger charge is 2.40. The second-order valence-corrected chi connectivity index (χ2v) is 42.0. The monoisotopic (exact) mass is 1400 g/mol. The van der Waals surface area contributed by atoms with Crippen LogP contribution in [0.5, 0.6) is 0 Å². The fourth-order valence-corrected chi connectivity index (χ4v) is 23.1. The molecule has 0 amide bonds.